The van der Waals surface area contributed by atoms with Gasteiger partial charge in [0.05, 0.1) is 17.1 Å². The van der Waals surface area contributed by atoms with Gasteiger partial charge in [-0.1, -0.05) is 11.6 Å². The van der Waals surface area contributed by atoms with E-state index in [2.05, 4.69) is 5.32 Å². The summed E-state index contributed by atoms with van der Waals surface area (Å²) in [5.41, 5.74) is 0.773. The first-order valence-corrected chi connectivity index (χ1v) is 8.75. The molecule has 1 saturated heterocycles. The zero-order chi connectivity index (χ0) is 15.6. The Morgan fingerprint density at radius 2 is 1.95 bits per heavy atom. The van der Waals surface area contributed by atoms with Crippen LogP contribution in [0.5, 0.6) is 0 Å². The summed E-state index contributed by atoms with van der Waals surface area (Å²) in [4.78, 5) is 0.276. The number of hydrogen-bond donors (Lipinski definition) is 1. The Bertz CT molecular complexity index is 596. The van der Waals surface area contributed by atoms with Gasteiger partial charge in [0.1, 0.15) is 0 Å². The van der Waals surface area contributed by atoms with Crippen molar-refractivity contribution >= 4 is 21.6 Å². The van der Waals surface area contributed by atoms with Crippen LogP contribution in [0.25, 0.3) is 0 Å². The number of halogens is 1. The van der Waals surface area contributed by atoms with E-state index in [1.807, 2.05) is 13.8 Å². The van der Waals surface area contributed by atoms with Crippen LogP contribution in [0.4, 0.5) is 0 Å². The van der Waals surface area contributed by atoms with E-state index < -0.39 is 10.0 Å². The van der Waals surface area contributed by atoms with Crippen molar-refractivity contribution in [3.63, 3.8) is 0 Å². The number of nitrogens with one attached hydrogen (secondary N) is 1. The summed E-state index contributed by atoms with van der Waals surface area (Å²) < 4.78 is 32.6. The van der Waals surface area contributed by atoms with Gasteiger partial charge in [0.15, 0.2) is 0 Å². The standard InChI is InChI=1S/C14H21ClN2O3S/c1-10-8-17(9-11(2)20-10)21(18,19)13-4-5-14(15)12(6-13)7-16-3/h4-6,10-11,16H,7-9H2,1-3H3. The minimum atomic E-state index is -3.52. The summed E-state index contributed by atoms with van der Waals surface area (Å²) in [6, 6.07) is 4.83. The molecule has 0 bridgehead atoms. The summed E-state index contributed by atoms with van der Waals surface area (Å²) in [5.74, 6) is 0. The first-order chi connectivity index (χ1) is 9.84. The molecule has 1 aromatic rings. The fourth-order valence-electron chi connectivity index (χ4n) is 2.51. The lowest BCUT2D eigenvalue weighted by molar-refractivity contribution is -0.0440. The lowest BCUT2D eigenvalue weighted by Gasteiger charge is -2.34. The van der Waals surface area contributed by atoms with Gasteiger partial charge >= 0.3 is 0 Å². The van der Waals surface area contributed by atoms with Gasteiger partial charge in [-0.25, -0.2) is 8.42 Å². The molecule has 1 heterocycles. The Balaban J connectivity index is 2.33. The molecule has 5 nitrogen and oxygen atoms in total. The number of nitrogens with zero attached hydrogens (tertiary/aromatic N) is 1. The van der Waals surface area contributed by atoms with Crippen LogP contribution >= 0.6 is 11.6 Å². The molecular weight excluding hydrogens is 312 g/mol. The quantitative estimate of drug-likeness (QED) is 0.914. The highest BCUT2D eigenvalue weighted by molar-refractivity contribution is 7.89. The van der Waals surface area contributed by atoms with Gasteiger partial charge in [-0.2, -0.15) is 4.31 Å². The fourth-order valence-corrected chi connectivity index (χ4v) is 4.34. The smallest absolute Gasteiger partial charge is 0.243 e. The van der Waals surface area contributed by atoms with E-state index in [0.717, 1.165) is 5.56 Å². The normalized spacial score (nSPS) is 24.2. The molecule has 21 heavy (non-hydrogen) atoms. The predicted molar refractivity (Wildman–Crippen MR) is 83.0 cm³/mol. The fraction of sp³-hybridized carbons (Fsp3) is 0.571. The van der Waals surface area contributed by atoms with Gasteiger partial charge in [-0.15, -0.1) is 0 Å². The minimum absolute atomic E-state index is 0.104. The molecule has 0 aliphatic carbocycles. The van der Waals surface area contributed by atoms with Gasteiger partial charge in [0.2, 0.25) is 10.0 Å². The van der Waals surface area contributed by atoms with Crippen LogP contribution in [0.1, 0.15) is 19.4 Å². The van der Waals surface area contributed by atoms with Crippen molar-refractivity contribution < 1.29 is 13.2 Å². The molecule has 0 aromatic heterocycles. The molecule has 1 aromatic carbocycles. The second kappa shape index (κ2) is 6.62. The van der Waals surface area contributed by atoms with Crippen molar-refractivity contribution in [2.24, 2.45) is 0 Å². The maximum Gasteiger partial charge on any atom is 0.243 e. The molecule has 0 amide bonds. The lowest BCUT2D eigenvalue weighted by Crippen LogP contribution is -2.48. The first kappa shape index (κ1) is 16.7. The summed E-state index contributed by atoms with van der Waals surface area (Å²) in [5, 5.41) is 3.55. The molecule has 2 atom stereocenters. The molecule has 0 radical (unpaired) electrons. The zero-order valence-corrected chi connectivity index (χ0v) is 14.0. The number of ether oxygens (including phenoxy) is 1. The van der Waals surface area contributed by atoms with Gasteiger partial charge in [0, 0.05) is 24.7 Å². The van der Waals surface area contributed by atoms with Crippen LogP contribution in [0, 0.1) is 0 Å². The molecule has 1 fully saturated rings. The first-order valence-electron chi connectivity index (χ1n) is 6.93. The highest BCUT2D eigenvalue weighted by Gasteiger charge is 2.32. The molecule has 0 spiro atoms. The predicted octanol–water partition coefficient (Wildman–Crippen LogP) is 1.86. The summed E-state index contributed by atoms with van der Waals surface area (Å²) >= 11 is 6.09. The molecule has 1 N–H and O–H groups in total. The maximum atomic E-state index is 12.8. The molecule has 1 aliphatic heterocycles. The highest BCUT2D eigenvalue weighted by atomic mass is 35.5. The number of morpholine rings is 1. The third kappa shape index (κ3) is 3.76. The van der Waals surface area contributed by atoms with Crippen molar-refractivity contribution in [3.8, 4) is 0 Å². The number of benzene rings is 1. The topological polar surface area (TPSA) is 58.6 Å². The van der Waals surface area contributed by atoms with Crippen molar-refractivity contribution in [3.05, 3.63) is 28.8 Å². The summed E-state index contributed by atoms with van der Waals surface area (Å²) in [6.45, 7) is 5.03. The average Bonchev–Trinajstić information content (AvgIpc) is 2.40. The SMILES string of the molecule is CNCc1cc(S(=O)(=O)N2CC(C)OC(C)C2)ccc1Cl. The van der Waals surface area contributed by atoms with Gasteiger partial charge < -0.3 is 10.1 Å². The average molecular weight is 333 g/mol. The van der Waals surface area contributed by atoms with Crippen molar-refractivity contribution in [2.75, 3.05) is 20.1 Å². The number of hydrogen-bond acceptors (Lipinski definition) is 4. The molecule has 2 unspecified atom stereocenters. The van der Waals surface area contributed by atoms with Crippen molar-refractivity contribution in [1.82, 2.24) is 9.62 Å². The Hall–Kier alpha value is -0.660. The number of sulfonamides is 1. The van der Waals surface area contributed by atoms with Crippen molar-refractivity contribution in [2.45, 2.75) is 37.5 Å². The third-order valence-corrected chi connectivity index (χ3v) is 5.60. The molecule has 0 saturated carbocycles. The summed E-state index contributed by atoms with van der Waals surface area (Å²) in [7, 11) is -1.72. The Kier molecular flexibility index (Phi) is 5.27. The Labute approximate surface area is 131 Å². The van der Waals surface area contributed by atoms with Crippen LogP contribution in [0.2, 0.25) is 5.02 Å². The van der Waals surface area contributed by atoms with E-state index in [0.29, 0.717) is 24.7 Å². The molecular formula is C14H21ClN2O3S. The van der Waals surface area contributed by atoms with Crippen LogP contribution < -0.4 is 5.32 Å². The Morgan fingerprint density at radius 3 is 2.52 bits per heavy atom. The highest BCUT2D eigenvalue weighted by Crippen LogP contribution is 2.25. The molecule has 118 valence electrons. The van der Waals surface area contributed by atoms with E-state index in [1.54, 1.807) is 25.2 Å². The van der Waals surface area contributed by atoms with E-state index in [1.165, 1.54) is 4.31 Å². The van der Waals surface area contributed by atoms with Crippen LogP contribution in [-0.4, -0.2) is 45.1 Å². The largest absolute Gasteiger partial charge is 0.373 e. The van der Waals surface area contributed by atoms with E-state index >= 15 is 0 Å². The molecule has 1 aliphatic rings. The third-order valence-electron chi connectivity index (χ3n) is 3.41. The second-order valence-electron chi connectivity index (χ2n) is 5.36. The van der Waals surface area contributed by atoms with Gasteiger partial charge in [0.25, 0.3) is 0 Å². The maximum absolute atomic E-state index is 12.8. The van der Waals surface area contributed by atoms with Gasteiger partial charge in [-0.05, 0) is 44.7 Å². The Morgan fingerprint density at radius 1 is 1.33 bits per heavy atom. The zero-order valence-electron chi connectivity index (χ0n) is 12.5. The van der Waals surface area contributed by atoms with E-state index in [4.69, 9.17) is 16.3 Å². The van der Waals surface area contributed by atoms with Crippen molar-refractivity contribution in [1.29, 1.82) is 0 Å². The molecule has 2 rings (SSSR count). The monoisotopic (exact) mass is 332 g/mol. The van der Waals surface area contributed by atoms with Crippen LogP contribution in [0.15, 0.2) is 23.1 Å². The van der Waals surface area contributed by atoms with E-state index in [-0.39, 0.29) is 17.1 Å². The molecule has 7 heteroatoms. The second-order valence-corrected chi connectivity index (χ2v) is 7.71. The number of rotatable bonds is 4. The van der Waals surface area contributed by atoms with Gasteiger partial charge in [-0.3, -0.25) is 0 Å². The van der Waals surface area contributed by atoms with Crippen LogP contribution in [-0.2, 0) is 21.3 Å². The summed E-state index contributed by atoms with van der Waals surface area (Å²) in [6.07, 6.45) is -0.208. The van der Waals surface area contributed by atoms with E-state index in [9.17, 15) is 8.42 Å². The lowest BCUT2D eigenvalue weighted by atomic mass is 10.2. The van der Waals surface area contributed by atoms with Crippen LogP contribution in [0.3, 0.4) is 0 Å². The minimum Gasteiger partial charge on any atom is -0.373 e.